The highest BCUT2D eigenvalue weighted by atomic mass is 16.5. The number of nitrogens with one attached hydrogen (secondary N) is 2. The van der Waals surface area contributed by atoms with Crippen molar-refractivity contribution in [3.63, 3.8) is 0 Å². The van der Waals surface area contributed by atoms with Gasteiger partial charge in [-0.15, -0.1) is 0 Å². The average molecular weight is 409 g/mol. The minimum atomic E-state index is -0.802. The van der Waals surface area contributed by atoms with Crippen LogP contribution in [0.25, 0.3) is 5.69 Å². The Hall–Kier alpha value is -4.14. The molecule has 0 spiro atoms. The molecule has 2 N–H and O–H groups in total. The van der Waals surface area contributed by atoms with Crippen molar-refractivity contribution in [1.82, 2.24) is 9.55 Å². The molecule has 3 aromatic rings. The number of nitrogens with zero attached hydrogens (tertiary/aromatic N) is 1. The number of hydrogen-bond donors (Lipinski definition) is 2. The lowest BCUT2D eigenvalue weighted by Crippen LogP contribution is -2.38. The Balaban J connectivity index is 1.98. The molecule has 0 aliphatic rings. The van der Waals surface area contributed by atoms with E-state index in [1.807, 2.05) is 0 Å². The number of aromatic amines is 1. The van der Waals surface area contributed by atoms with Crippen molar-refractivity contribution >= 4 is 17.4 Å². The van der Waals surface area contributed by atoms with Gasteiger partial charge in [-0.1, -0.05) is 0 Å². The third-order valence-electron chi connectivity index (χ3n) is 4.40. The summed E-state index contributed by atoms with van der Waals surface area (Å²) in [4.78, 5) is 51.5. The molecule has 0 unspecified atom stereocenters. The maximum absolute atomic E-state index is 12.9. The Kier molecular flexibility index (Phi) is 5.82. The van der Waals surface area contributed by atoms with Crippen LogP contribution in [0.3, 0.4) is 0 Å². The molecular weight excluding hydrogens is 390 g/mol. The molecule has 154 valence electrons. The highest BCUT2D eigenvalue weighted by Crippen LogP contribution is 2.28. The highest BCUT2D eigenvalue weighted by molar-refractivity contribution is 6.04. The van der Waals surface area contributed by atoms with Crippen LogP contribution < -0.4 is 26.0 Å². The predicted molar refractivity (Wildman–Crippen MR) is 110 cm³/mol. The van der Waals surface area contributed by atoms with Gasteiger partial charge in [0.1, 0.15) is 5.56 Å². The molecule has 1 aromatic heterocycles. The van der Waals surface area contributed by atoms with Crippen LogP contribution in [0, 0.1) is 0 Å². The van der Waals surface area contributed by atoms with Gasteiger partial charge in [-0.25, -0.2) is 9.36 Å². The number of aromatic nitrogens is 2. The van der Waals surface area contributed by atoms with E-state index in [9.17, 15) is 19.2 Å². The highest BCUT2D eigenvalue weighted by Gasteiger charge is 2.17. The molecule has 9 nitrogen and oxygen atoms in total. The van der Waals surface area contributed by atoms with Crippen LogP contribution in [-0.2, 0) is 0 Å². The van der Waals surface area contributed by atoms with E-state index in [0.717, 1.165) is 10.8 Å². The molecule has 0 atom stereocenters. The molecule has 0 aliphatic carbocycles. The molecule has 0 fully saturated rings. The summed E-state index contributed by atoms with van der Waals surface area (Å²) >= 11 is 0. The summed E-state index contributed by atoms with van der Waals surface area (Å²) in [6.07, 6.45) is 1.06. The molecule has 0 radical (unpaired) electrons. The first kappa shape index (κ1) is 20.6. The van der Waals surface area contributed by atoms with E-state index in [4.69, 9.17) is 9.47 Å². The molecular formula is C21H19N3O6. The van der Waals surface area contributed by atoms with Crippen molar-refractivity contribution in [2.75, 3.05) is 19.5 Å². The lowest BCUT2D eigenvalue weighted by molar-refractivity contribution is 0.101. The van der Waals surface area contributed by atoms with E-state index in [-0.39, 0.29) is 17.0 Å². The number of rotatable bonds is 6. The zero-order chi connectivity index (χ0) is 21.8. The van der Waals surface area contributed by atoms with E-state index in [1.165, 1.54) is 33.3 Å². The summed E-state index contributed by atoms with van der Waals surface area (Å²) < 4.78 is 11.2. The standard InChI is InChI=1S/C21H19N3O6/c1-12(25)13-4-6-14(7-5-13)23-19(26)16-11-22-21(28)24(20(16)27)15-8-9-17(29-2)18(10-15)30-3/h4-11H,1-3H3,(H,22,28)(H,23,26). The van der Waals surface area contributed by atoms with Gasteiger partial charge < -0.3 is 19.8 Å². The number of hydrogen-bond acceptors (Lipinski definition) is 6. The fourth-order valence-corrected chi connectivity index (χ4v) is 2.82. The SMILES string of the molecule is COc1ccc(-n2c(=O)[nH]cc(C(=O)Nc3ccc(C(C)=O)cc3)c2=O)cc1OC. The average Bonchev–Trinajstić information content (AvgIpc) is 2.73. The first-order valence-corrected chi connectivity index (χ1v) is 8.85. The third kappa shape index (κ3) is 4.00. The zero-order valence-corrected chi connectivity index (χ0v) is 16.5. The monoisotopic (exact) mass is 409 g/mol. The molecule has 3 rings (SSSR count). The number of methoxy groups -OCH3 is 2. The molecule has 1 heterocycles. The van der Waals surface area contributed by atoms with Gasteiger partial charge in [0, 0.05) is 23.5 Å². The first-order valence-electron chi connectivity index (χ1n) is 8.85. The van der Waals surface area contributed by atoms with Crippen LogP contribution in [0.15, 0.2) is 58.3 Å². The van der Waals surface area contributed by atoms with Crippen molar-refractivity contribution in [2.45, 2.75) is 6.92 Å². The lowest BCUT2D eigenvalue weighted by atomic mass is 10.1. The Morgan fingerprint density at radius 1 is 0.967 bits per heavy atom. The van der Waals surface area contributed by atoms with Crippen molar-refractivity contribution in [3.8, 4) is 17.2 Å². The van der Waals surface area contributed by atoms with Crippen LogP contribution in [0.5, 0.6) is 11.5 Å². The van der Waals surface area contributed by atoms with E-state index in [0.29, 0.717) is 22.7 Å². The third-order valence-corrected chi connectivity index (χ3v) is 4.40. The minimum absolute atomic E-state index is 0.105. The predicted octanol–water partition coefficient (Wildman–Crippen LogP) is 2.00. The number of carbonyl (C=O) groups excluding carboxylic acids is 2. The molecule has 2 aromatic carbocycles. The quantitative estimate of drug-likeness (QED) is 0.601. The molecule has 0 aliphatic heterocycles. The van der Waals surface area contributed by atoms with E-state index < -0.39 is 17.2 Å². The summed E-state index contributed by atoms with van der Waals surface area (Å²) in [6.45, 7) is 1.44. The van der Waals surface area contributed by atoms with Crippen LogP contribution in [0.1, 0.15) is 27.6 Å². The maximum atomic E-state index is 12.9. The van der Waals surface area contributed by atoms with E-state index >= 15 is 0 Å². The van der Waals surface area contributed by atoms with Crippen molar-refractivity contribution < 1.29 is 19.1 Å². The van der Waals surface area contributed by atoms with Crippen LogP contribution in [0.4, 0.5) is 5.69 Å². The summed E-state index contributed by atoms with van der Waals surface area (Å²) in [7, 11) is 2.89. The van der Waals surface area contributed by atoms with E-state index in [2.05, 4.69) is 10.3 Å². The summed E-state index contributed by atoms with van der Waals surface area (Å²) in [5.74, 6) is -0.0669. The second-order valence-corrected chi connectivity index (χ2v) is 6.28. The van der Waals surface area contributed by atoms with E-state index in [1.54, 1.807) is 30.3 Å². The second kappa shape index (κ2) is 8.48. The minimum Gasteiger partial charge on any atom is -0.493 e. The Morgan fingerprint density at radius 2 is 1.63 bits per heavy atom. The number of Topliss-reactive ketones (excluding diaryl/α,β-unsaturated/α-hetero) is 1. The van der Waals surface area contributed by atoms with Gasteiger partial charge in [-0.05, 0) is 43.3 Å². The molecule has 0 saturated carbocycles. The first-order chi connectivity index (χ1) is 14.3. The molecule has 0 saturated heterocycles. The van der Waals surface area contributed by atoms with Gasteiger partial charge in [0.25, 0.3) is 11.5 Å². The van der Waals surface area contributed by atoms with Gasteiger partial charge in [0.15, 0.2) is 17.3 Å². The van der Waals surface area contributed by atoms with Gasteiger partial charge in [-0.3, -0.25) is 14.4 Å². The Bertz CT molecular complexity index is 1220. The number of carbonyl (C=O) groups is 2. The van der Waals surface area contributed by atoms with Crippen molar-refractivity contribution in [3.05, 3.63) is 80.6 Å². The van der Waals surface area contributed by atoms with Crippen LogP contribution in [-0.4, -0.2) is 35.5 Å². The van der Waals surface area contributed by atoms with Crippen LogP contribution >= 0.6 is 0 Å². The fraction of sp³-hybridized carbons (Fsp3) is 0.143. The normalized spacial score (nSPS) is 10.4. The fourth-order valence-electron chi connectivity index (χ4n) is 2.82. The smallest absolute Gasteiger partial charge is 0.333 e. The molecule has 9 heteroatoms. The van der Waals surface area contributed by atoms with Gasteiger partial charge in [0.05, 0.1) is 19.9 Å². The Labute approximate surface area is 170 Å². The maximum Gasteiger partial charge on any atom is 0.333 e. The molecule has 30 heavy (non-hydrogen) atoms. The second-order valence-electron chi connectivity index (χ2n) is 6.28. The van der Waals surface area contributed by atoms with Crippen molar-refractivity contribution in [2.24, 2.45) is 0 Å². The zero-order valence-electron chi connectivity index (χ0n) is 16.5. The number of amides is 1. The Morgan fingerprint density at radius 3 is 2.23 bits per heavy atom. The summed E-state index contributed by atoms with van der Waals surface area (Å²) in [5.41, 5.74) is -0.682. The van der Waals surface area contributed by atoms with Crippen LogP contribution in [0.2, 0.25) is 0 Å². The number of ketones is 1. The van der Waals surface area contributed by atoms with Gasteiger partial charge in [-0.2, -0.15) is 0 Å². The number of anilines is 1. The summed E-state index contributed by atoms with van der Waals surface area (Å²) in [5, 5.41) is 2.57. The lowest BCUT2D eigenvalue weighted by Gasteiger charge is -2.11. The topological polar surface area (TPSA) is 119 Å². The molecule has 1 amide bonds. The number of H-pyrrole nitrogens is 1. The summed E-state index contributed by atoms with van der Waals surface area (Å²) in [6, 6.07) is 10.7. The van der Waals surface area contributed by atoms with Gasteiger partial charge in [0.2, 0.25) is 0 Å². The number of benzene rings is 2. The molecule has 0 bridgehead atoms. The van der Waals surface area contributed by atoms with Gasteiger partial charge >= 0.3 is 5.69 Å². The largest absolute Gasteiger partial charge is 0.493 e. The van der Waals surface area contributed by atoms with Crippen molar-refractivity contribution in [1.29, 1.82) is 0 Å². The number of ether oxygens (including phenoxy) is 2.